The highest BCUT2D eigenvalue weighted by Crippen LogP contribution is 2.33. The molecule has 0 saturated heterocycles. The zero-order valence-electron chi connectivity index (χ0n) is 15.8. The first kappa shape index (κ1) is 22.8. The van der Waals surface area contributed by atoms with E-state index in [1.165, 1.54) is 42.5 Å². The Hall–Kier alpha value is -2.53. The van der Waals surface area contributed by atoms with Gasteiger partial charge in [-0.2, -0.15) is 13.2 Å². The summed E-state index contributed by atoms with van der Waals surface area (Å²) in [5.41, 5.74) is 0.206. The van der Waals surface area contributed by atoms with Crippen LogP contribution in [0.15, 0.2) is 48.5 Å². The Balaban J connectivity index is 2.55. The van der Waals surface area contributed by atoms with Crippen LogP contribution in [0.5, 0.6) is 0 Å². The van der Waals surface area contributed by atoms with Crippen LogP contribution in [-0.4, -0.2) is 31.6 Å². The molecule has 0 aliphatic carbocycles. The summed E-state index contributed by atoms with van der Waals surface area (Å²) >= 11 is 5.83. The van der Waals surface area contributed by atoms with E-state index in [9.17, 15) is 18.0 Å². The Morgan fingerprint density at radius 1 is 1.07 bits per heavy atom. The lowest BCUT2D eigenvalue weighted by Gasteiger charge is -2.25. The van der Waals surface area contributed by atoms with Crippen molar-refractivity contribution in [3.63, 3.8) is 0 Å². The fourth-order valence-corrected chi connectivity index (χ4v) is 2.55. The lowest BCUT2D eigenvalue weighted by Crippen LogP contribution is -2.38. The van der Waals surface area contributed by atoms with Gasteiger partial charge in [-0.1, -0.05) is 29.7 Å². The maximum absolute atomic E-state index is 13.3. The fourth-order valence-electron chi connectivity index (χ4n) is 2.43. The van der Waals surface area contributed by atoms with Gasteiger partial charge in [0.1, 0.15) is 0 Å². The summed E-state index contributed by atoms with van der Waals surface area (Å²) in [6.07, 6.45) is -5.92. The molecule has 0 aliphatic rings. The van der Waals surface area contributed by atoms with Gasteiger partial charge in [0.25, 0.3) is 0 Å². The summed E-state index contributed by atoms with van der Waals surface area (Å²) in [7, 11) is 0. The minimum absolute atomic E-state index is 0.0112. The number of nitrogens with zero attached hydrogens (tertiary/aromatic N) is 1. The summed E-state index contributed by atoms with van der Waals surface area (Å²) in [6, 6.07) is 11.5. The summed E-state index contributed by atoms with van der Waals surface area (Å²) in [6.45, 7) is 4.24. The van der Waals surface area contributed by atoms with Gasteiger partial charge >= 0.3 is 12.1 Å². The number of alkyl halides is 3. The molecular weight excluding hydrogens is 407 g/mol. The van der Waals surface area contributed by atoms with E-state index in [0.717, 1.165) is 0 Å². The molecule has 2 rings (SSSR count). The van der Waals surface area contributed by atoms with Gasteiger partial charge in [-0.25, -0.2) is 0 Å². The number of ether oxygens (including phenoxy) is 2. The van der Waals surface area contributed by atoms with Gasteiger partial charge in [0, 0.05) is 29.5 Å². The molecule has 2 aromatic rings. The van der Waals surface area contributed by atoms with Crippen molar-refractivity contribution in [2.24, 2.45) is 0 Å². The second-order valence-corrected chi connectivity index (χ2v) is 6.08. The van der Waals surface area contributed by atoms with E-state index in [4.69, 9.17) is 21.1 Å². The molecule has 0 radical (unpaired) electrons. The van der Waals surface area contributed by atoms with Gasteiger partial charge in [-0.15, -0.1) is 0 Å². The topological polar surface area (TPSA) is 38.8 Å². The molecule has 1 amide bonds. The van der Waals surface area contributed by atoms with Crippen LogP contribution in [0.1, 0.15) is 19.4 Å². The molecule has 154 valence electrons. The first-order valence-electron chi connectivity index (χ1n) is 8.78. The molecule has 0 bridgehead atoms. The molecular formula is C21H19ClF3NO3. The Labute approximate surface area is 172 Å². The molecule has 2 aromatic carbocycles. The summed E-state index contributed by atoms with van der Waals surface area (Å²) in [4.78, 5) is 12.8. The molecule has 8 heteroatoms. The smallest absolute Gasteiger partial charge is 0.342 e. The highest BCUT2D eigenvalue weighted by atomic mass is 35.5. The monoisotopic (exact) mass is 425 g/mol. The Morgan fingerprint density at radius 2 is 1.66 bits per heavy atom. The lowest BCUT2D eigenvalue weighted by molar-refractivity contribution is -0.169. The lowest BCUT2D eigenvalue weighted by atomic mass is 10.1. The van der Waals surface area contributed by atoms with Gasteiger partial charge in [0.15, 0.2) is 0 Å². The van der Waals surface area contributed by atoms with E-state index in [2.05, 4.69) is 11.8 Å². The number of carbonyl (C=O) groups excluding carboxylic acids is 1. The first-order chi connectivity index (χ1) is 13.8. The fraction of sp³-hybridized carbons (Fsp3) is 0.286. The normalized spacial score (nSPS) is 11.1. The maximum atomic E-state index is 13.3. The summed E-state index contributed by atoms with van der Waals surface area (Å²) < 4.78 is 50.6. The van der Waals surface area contributed by atoms with E-state index >= 15 is 0 Å². The van der Waals surface area contributed by atoms with E-state index in [1.807, 2.05) is 0 Å². The molecule has 0 unspecified atom stereocenters. The number of anilines is 2. The van der Waals surface area contributed by atoms with Gasteiger partial charge < -0.3 is 9.47 Å². The number of carbonyl (C=O) groups is 1. The van der Waals surface area contributed by atoms with Crippen molar-refractivity contribution in [2.45, 2.75) is 26.3 Å². The molecule has 0 aliphatic heterocycles. The molecule has 0 aromatic heterocycles. The molecule has 0 spiro atoms. The van der Waals surface area contributed by atoms with Crippen molar-refractivity contribution < 1.29 is 27.4 Å². The van der Waals surface area contributed by atoms with E-state index in [-0.39, 0.29) is 16.9 Å². The van der Waals surface area contributed by atoms with Crippen LogP contribution in [0.2, 0.25) is 5.02 Å². The van der Waals surface area contributed by atoms with Crippen molar-refractivity contribution >= 4 is 28.9 Å². The van der Waals surface area contributed by atoms with Gasteiger partial charge in [0.05, 0.1) is 5.69 Å². The number of amides is 1. The molecule has 29 heavy (non-hydrogen) atoms. The number of rotatable bonds is 6. The van der Waals surface area contributed by atoms with Crippen LogP contribution in [0.3, 0.4) is 0 Å². The number of benzene rings is 2. The third-order valence-corrected chi connectivity index (χ3v) is 3.89. The molecule has 0 saturated carbocycles. The highest BCUT2D eigenvalue weighted by molar-refractivity contribution is 6.30. The second kappa shape index (κ2) is 10.3. The Kier molecular flexibility index (Phi) is 8.09. The van der Waals surface area contributed by atoms with Gasteiger partial charge in [-0.3, -0.25) is 9.69 Å². The minimum Gasteiger partial charge on any atom is -0.342 e. The van der Waals surface area contributed by atoms with E-state index < -0.39 is 18.4 Å². The second-order valence-electron chi connectivity index (χ2n) is 5.64. The number of hydrogen-bond acceptors (Lipinski definition) is 3. The Bertz CT molecular complexity index is 883. The molecule has 0 N–H and O–H groups in total. The van der Waals surface area contributed by atoms with Crippen LogP contribution < -0.4 is 4.90 Å². The average molecular weight is 426 g/mol. The van der Waals surface area contributed by atoms with Crippen molar-refractivity contribution in [1.82, 2.24) is 0 Å². The van der Waals surface area contributed by atoms with Crippen molar-refractivity contribution in [3.05, 3.63) is 59.1 Å². The van der Waals surface area contributed by atoms with E-state index in [1.54, 1.807) is 19.9 Å². The van der Waals surface area contributed by atoms with Crippen LogP contribution in [0.25, 0.3) is 0 Å². The number of halogens is 4. The van der Waals surface area contributed by atoms with Crippen molar-refractivity contribution in [1.29, 1.82) is 0 Å². The Morgan fingerprint density at radius 3 is 2.21 bits per heavy atom. The SMILES string of the molecule is CCOC(C#Cc1ccccc1N(C(=O)C(F)(F)F)c1ccc(Cl)cc1)OCC. The quantitative estimate of drug-likeness (QED) is 0.464. The zero-order valence-corrected chi connectivity index (χ0v) is 16.6. The average Bonchev–Trinajstić information content (AvgIpc) is 2.68. The molecule has 0 fully saturated rings. The maximum Gasteiger partial charge on any atom is 0.472 e. The van der Waals surface area contributed by atoms with Crippen molar-refractivity contribution in [2.75, 3.05) is 18.1 Å². The van der Waals surface area contributed by atoms with Crippen LogP contribution in [-0.2, 0) is 14.3 Å². The third kappa shape index (κ3) is 6.23. The van der Waals surface area contributed by atoms with Crippen LogP contribution in [0.4, 0.5) is 24.5 Å². The molecule has 0 heterocycles. The van der Waals surface area contributed by atoms with Crippen LogP contribution in [0, 0.1) is 11.8 Å². The number of hydrogen-bond donors (Lipinski definition) is 0. The predicted molar refractivity (Wildman–Crippen MR) is 105 cm³/mol. The van der Waals surface area contributed by atoms with E-state index in [0.29, 0.717) is 23.1 Å². The standard InChI is InChI=1S/C21H19ClF3NO3/c1-3-28-19(29-4-2)14-9-15-7-5-6-8-18(15)26(20(27)21(23,24)25)17-12-10-16(22)11-13-17/h5-8,10-13,19H,3-4H2,1-2H3. The van der Waals surface area contributed by atoms with Crippen LogP contribution >= 0.6 is 11.6 Å². The number of para-hydroxylation sites is 1. The first-order valence-corrected chi connectivity index (χ1v) is 9.16. The van der Waals surface area contributed by atoms with Gasteiger partial charge in [0.2, 0.25) is 6.29 Å². The summed E-state index contributed by atoms with van der Waals surface area (Å²) in [5.74, 6) is 3.46. The minimum atomic E-state index is -5.08. The molecule has 0 atom stereocenters. The summed E-state index contributed by atoms with van der Waals surface area (Å²) in [5, 5.41) is 0.331. The zero-order chi connectivity index (χ0) is 21.4. The third-order valence-electron chi connectivity index (χ3n) is 3.64. The molecule has 4 nitrogen and oxygen atoms in total. The van der Waals surface area contributed by atoms with Gasteiger partial charge in [-0.05, 0) is 56.2 Å². The predicted octanol–water partition coefficient (Wildman–Crippen LogP) is 5.32. The highest BCUT2D eigenvalue weighted by Gasteiger charge is 2.44. The van der Waals surface area contributed by atoms with Crippen molar-refractivity contribution in [3.8, 4) is 11.8 Å². The largest absolute Gasteiger partial charge is 0.472 e.